The van der Waals surface area contributed by atoms with Crippen LogP contribution in [0.1, 0.15) is 73.8 Å². The summed E-state index contributed by atoms with van der Waals surface area (Å²) >= 11 is 0. The molecule has 8 rings (SSSR count). The van der Waals surface area contributed by atoms with E-state index in [0.717, 1.165) is 48.8 Å². The molecular weight excluding hydrogens is 408 g/mol. The second kappa shape index (κ2) is 6.98. The second-order valence-electron chi connectivity index (χ2n) is 11.6. The first-order chi connectivity index (χ1) is 16.0. The molecule has 33 heavy (non-hydrogen) atoms. The number of rotatable bonds is 3. The molecule has 0 amide bonds. The van der Waals surface area contributed by atoms with E-state index in [-0.39, 0.29) is 16.8 Å². The van der Waals surface area contributed by atoms with Crippen molar-refractivity contribution < 1.29 is 13.9 Å². The quantitative estimate of drug-likeness (QED) is 0.323. The molecule has 3 aromatic rings. The van der Waals surface area contributed by atoms with E-state index >= 15 is 0 Å². The first-order valence-electron chi connectivity index (χ1n) is 12.9. The van der Waals surface area contributed by atoms with Crippen LogP contribution in [0.5, 0.6) is 5.75 Å². The first kappa shape index (κ1) is 19.9. The summed E-state index contributed by atoms with van der Waals surface area (Å²) in [5.74, 6) is 3.10. The van der Waals surface area contributed by atoms with Gasteiger partial charge in [0.25, 0.3) is 0 Å². The molecule has 2 aromatic carbocycles. The van der Waals surface area contributed by atoms with Crippen molar-refractivity contribution >= 4 is 16.9 Å². The van der Waals surface area contributed by atoms with Gasteiger partial charge in [-0.15, -0.1) is 0 Å². The summed E-state index contributed by atoms with van der Waals surface area (Å²) in [6, 6.07) is 15.1. The largest absolute Gasteiger partial charge is 0.461 e. The number of aryl methyl sites for hydroxylation is 3. The molecule has 3 heteroatoms. The summed E-state index contributed by atoms with van der Waals surface area (Å²) in [6.07, 6.45) is 11.2. The van der Waals surface area contributed by atoms with Crippen molar-refractivity contribution in [3.8, 4) is 5.75 Å². The van der Waals surface area contributed by atoms with Gasteiger partial charge in [0.2, 0.25) is 0 Å². The van der Waals surface area contributed by atoms with Gasteiger partial charge in [-0.05, 0) is 106 Å². The fourth-order valence-electron chi connectivity index (χ4n) is 8.27. The van der Waals surface area contributed by atoms with Crippen LogP contribution in [0.4, 0.5) is 0 Å². The SMILES string of the molecule is Cc1ccc(C23C[C@H]4C[C@@H](CC(C(=O)Oc5ccc6oc7c(c6c5)CCCC7)(C4)C2)C3)cc1. The highest BCUT2D eigenvalue weighted by Crippen LogP contribution is 2.66. The summed E-state index contributed by atoms with van der Waals surface area (Å²) in [4.78, 5) is 13.8. The highest BCUT2D eigenvalue weighted by molar-refractivity contribution is 5.86. The molecule has 0 spiro atoms. The number of carbonyl (C=O) groups excluding carboxylic acids is 1. The maximum Gasteiger partial charge on any atom is 0.317 e. The normalized spacial score (nSPS) is 32.2. The molecule has 4 bridgehead atoms. The molecule has 0 unspecified atom stereocenters. The lowest BCUT2D eigenvalue weighted by Crippen LogP contribution is -2.57. The van der Waals surface area contributed by atoms with Crippen molar-refractivity contribution in [1.82, 2.24) is 0 Å². The van der Waals surface area contributed by atoms with E-state index in [1.165, 1.54) is 48.8 Å². The Hall–Kier alpha value is -2.55. The number of ether oxygens (including phenoxy) is 1. The maximum absolute atomic E-state index is 13.8. The van der Waals surface area contributed by atoms with Crippen LogP contribution in [0.25, 0.3) is 11.0 Å². The van der Waals surface area contributed by atoms with E-state index < -0.39 is 0 Å². The molecule has 3 nitrogen and oxygen atoms in total. The Morgan fingerprint density at radius 2 is 1.73 bits per heavy atom. The second-order valence-corrected chi connectivity index (χ2v) is 11.6. The van der Waals surface area contributed by atoms with Gasteiger partial charge in [0.15, 0.2) is 0 Å². The summed E-state index contributed by atoms with van der Waals surface area (Å²) in [6.45, 7) is 2.15. The monoisotopic (exact) mass is 440 g/mol. The smallest absolute Gasteiger partial charge is 0.317 e. The van der Waals surface area contributed by atoms with Gasteiger partial charge in [-0.1, -0.05) is 29.8 Å². The third-order valence-corrected chi connectivity index (χ3v) is 9.30. The average Bonchev–Trinajstić information content (AvgIpc) is 3.17. The van der Waals surface area contributed by atoms with E-state index in [2.05, 4.69) is 37.3 Å². The van der Waals surface area contributed by atoms with Crippen molar-refractivity contribution in [2.24, 2.45) is 17.3 Å². The van der Waals surface area contributed by atoms with Crippen LogP contribution in [-0.4, -0.2) is 5.97 Å². The van der Waals surface area contributed by atoms with Crippen LogP contribution >= 0.6 is 0 Å². The molecule has 1 heterocycles. The van der Waals surface area contributed by atoms with Gasteiger partial charge >= 0.3 is 5.97 Å². The standard InChI is InChI=1S/C30H32O3/c1-19-6-8-22(9-7-19)29-14-20-12-21(15-29)17-30(16-20,18-29)28(31)32-23-10-11-27-25(13-23)24-4-2-3-5-26(24)33-27/h6-11,13,20-21H,2-5,12,14-18H2,1H3/t20-,21-,29?,30?/m1/s1. The Balaban J connectivity index is 1.21. The molecule has 1 aromatic heterocycles. The molecular formula is C30H32O3. The van der Waals surface area contributed by atoms with Gasteiger partial charge in [-0.2, -0.15) is 0 Å². The number of esters is 1. The predicted octanol–water partition coefficient (Wildman–Crippen LogP) is 7.06. The summed E-state index contributed by atoms with van der Waals surface area (Å²) in [5.41, 5.74) is 4.79. The number of hydrogen-bond donors (Lipinski definition) is 0. The maximum atomic E-state index is 13.8. The summed E-state index contributed by atoms with van der Waals surface area (Å²) < 4.78 is 12.3. The number of fused-ring (bicyclic) bond motifs is 3. The van der Waals surface area contributed by atoms with E-state index in [1.807, 2.05) is 12.1 Å². The van der Waals surface area contributed by atoms with E-state index in [9.17, 15) is 4.79 Å². The van der Waals surface area contributed by atoms with Crippen molar-refractivity contribution in [2.75, 3.05) is 0 Å². The highest BCUT2D eigenvalue weighted by atomic mass is 16.5. The molecule has 170 valence electrons. The highest BCUT2D eigenvalue weighted by Gasteiger charge is 2.61. The van der Waals surface area contributed by atoms with Crippen LogP contribution in [0.2, 0.25) is 0 Å². The predicted molar refractivity (Wildman–Crippen MR) is 128 cm³/mol. The Morgan fingerprint density at radius 3 is 2.52 bits per heavy atom. The van der Waals surface area contributed by atoms with Gasteiger partial charge < -0.3 is 9.15 Å². The molecule has 0 saturated heterocycles. The Morgan fingerprint density at radius 1 is 0.970 bits per heavy atom. The van der Waals surface area contributed by atoms with Crippen LogP contribution in [0, 0.1) is 24.2 Å². The van der Waals surface area contributed by atoms with Gasteiger partial charge in [0, 0.05) is 17.4 Å². The molecule has 5 aliphatic carbocycles. The Bertz CT molecular complexity index is 1230. The summed E-state index contributed by atoms with van der Waals surface area (Å²) in [7, 11) is 0. The van der Waals surface area contributed by atoms with Crippen LogP contribution in [0.3, 0.4) is 0 Å². The molecule has 0 N–H and O–H groups in total. The van der Waals surface area contributed by atoms with Crippen molar-refractivity contribution in [3.05, 3.63) is 64.9 Å². The lowest BCUT2D eigenvalue weighted by molar-refractivity contribution is -0.164. The number of hydrogen-bond acceptors (Lipinski definition) is 3. The summed E-state index contributed by atoms with van der Waals surface area (Å²) in [5, 5.41) is 1.14. The number of benzene rings is 2. The lowest BCUT2D eigenvalue weighted by Gasteiger charge is -2.61. The molecule has 2 atom stereocenters. The fraction of sp³-hybridized carbons (Fsp3) is 0.500. The zero-order valence-corrected chi connectivity index (χ0v) is 19.5. The zero-order chi connectivity index (χ0) is 22.2. The third kappa shape index (κ3) is 3.04. The van der Waals surface area contributed by atoms with Gasteiger partial charge in [0.1, 0.15) is 17.1 Å². The zero-order valence-electron chi connectivity index (χ0n) is 19.5. The molecule has 0 aliphatic heterocycles. The van der Waals surface area contributed by atoms with E-state index in [0.29, 0.717) is 17.6 Å². The van der Waals surface area contributed by atoms with Gasteiger partial charge in [-0.25, -0.2) is 0 Å². The fourth-order valence-corrected chi connectivity index (χ4v) is 8.27. The van der Waals surface area contributed by atoms with Crippen molar-refractivity contribution in [3.63, 3.8) is 0 Å². The van der Waals surface area contributed by atoms with Crippen molar-refractivity contribution in [2.45, 2.75) is 76.5 Å². The number of carbonyl (C=O) groups is 1. The van der Waals surface area contributed by atoms with Gasteiger partial charge in [0.05, 0.1) is 5.41 Å². The van der Waals surface area contributed by atoms with Crippen LogP contribution < -0.4 is 4.74 Å². The molecule has 4 fully saturated rings. The van der Waals surface area contributed by atoms with Crippen LogP contribution in [0.15, 0.2) is 46.9 Å². The van der Waals surface area contributed by atoms with E-state index in [1.54, 1.807) is 0 Å². The topological polar surface area (TPSA) is 39.4 Å². The minimum Gasteiger partial charge on any atom is -0.461 e. The third-order valence-electron chi connectivity index (χ3n) is 9.30. The first-order valence-corrected chi connectivity index (χ1v) is 12.9. The molecule has 5 aliphatic rings. The Kier molecular flexibility index (Phi) is 4.20. The van der Waals surface area contributed by atoms with Gasteiger partial charge in [-0.3, -0.25) is 4.79 Å². The Labute approximate surface area is 195 Å². The number of furan rings is 1. The van der Waals surface area contributed by atoms with Crippen LogP contribution in [-0.2, 0) is 23.1 Å². The van der Waals surface area contributed by atoms with Crippen molar-refractivity contribution in [1.29, 1.82) is 0 Å². The molecule has 4 saturated carbocycles. The molecule has 0 radical (unpaired) electrons. The minimum absolute atomic E-state index is 0.00444. The minimum atomic E-state index is -0.334. The average molecular weight is 441 g/mol. The lowest BCUT2D eigenvalue weighted by atomic mass is 9.43. The van der Waals surface area contributed by atoms with E-state index in [4.69, 9.17) is 9.15 Å².